The normalized spacial score (nSPS) is 12.4. The van der Waals surface area contributed by atoms with E-state index in [0.717, 1.165) is 17.0 Å². The number of aliphatic hydroxyl groups is 1. The molecule has 7 nitrogen and oxygen atoms in total. The molecule has 7 heteroatoms. The lowest BCUT2D eigenvalue weighted by molar-refractivity contribution is 0.174. The highest BCUT2D eigenvalue weighted by molar-refractivity contribution is 5.66. The molecule has 0 unspecified atom stereocenters. The molecule has 0 saturated heterocycles. The van der Waals surface area contributed by atoms with Crippen LogP contribution in [0.25, 0.3) is 16.9 Å². The Morgan fingerprint density at radius 2 is 2.04 bits per heavy atom. The average molecular weight is 325 g/mol. The molecule has 0 radical (unpaired) electrons. The molecule has 0 bridgehead atoms. The summed E-state index contributed by atoms with van der Waals surface area (Å²) < 4.78 is 17.7. The van der Waals surface area contributed by atoms with E-state index in [-0.39, 0.29) is 13.4 Å². The third-order valence-corrected chi connectivity index (χ3v) is 3.83. The van der Waals surface area contributed by atoms with Crippen molar-refractivity contribution in [3.63, 3.8) is 0 Å². The van der Waals surface area contributed by atoms with Crippen LogP contribution in [0.15, 0.2) is 42.5 Å². The molecule has 0 aliphatic carbocycles. The van der Waals surface area contributed by atoms with Gasteiger partial charge >= 0.3 is 0 Å². The van der Waals surface area contributed by atoms with Crippen molar-refractivity contribution in [2.45, 2.75) is 6.61 Å². The summed E-state index contributed by atoms with van der Waals surface area (Å²) in [6.07, 6.45) is 0. The van der Waals surface area contributed by atoms with Gasteiger partial charge in [-0.3, -0.25) is 0 Å². The number of fused-ring (bicyclic) bond motifs is 1. The van der Waals surface area contributed by atoms with Gasteiger partial charge in [0.1, 0.15) is 17.1 Å². The van der Waals surface area contributed by atoms with Gasteiger partial charge in [0.15, 0.2) is 11.5 Å². The monoisotopic (exact) mass is 325 g/mol. The van der Waals surface area contributed by atoms with Crippen LogP contribution in [-0.4, -0.2) is 34.0 Å². The van der Waals surface area contributed by atoms with Crippen LogP contribution in [0.5, 0.6) is 17.2 Å². The summed E-state index contributed by atoms with van der Waals surface area (Å²) in [4.78, 5) is 0. The van der Waals surface area contributed by atoms with Crippen molar-refractivity contribution >= 4 is 0 Å². The third kappa shape index (κ3) is 2.35. The van der Waals surface area contributed by atoms with Gasteiger partial charge < -0.3 is 19.3 Å². The van der Waals surface area contributed by atoms with Gasteiger partial charge in [0.2, 0.25) is 6.79 Å². The Labute approximate surface area is 138 Å². The summed E-state index contributed by atoms with van der Waals surface area (Å²) in [5.41, 5.74) is 2.81. The fourth-order valence-electron chi connectivity index (χ4n) is 2.68. The second kappa shape index (κ2) is 5.86. The zero-order chi connectivity index (χ0) is 16.5. The highest BCUT2D eigenvalue weighted by Crippen LogP contribution is 2.35. The molecule has 1 aliphatic heterocycles. The van der Waals surface area contributed by atoms with E-state index in [1.54, 1.807) is 11.8 Å². The second-order valence-corrected chi connectivity index (χ2v) is 5.22. The molecule has 2 aromatic carbocycles. The van der Waals surface area contributed by atoms with Gasteiger partial charge in [-0.1, -0.05) is 17.3 Å². The third-order valence-electron chi connectivity index (χ3n) is 3.83. The van der Waals surface area contributed by atoms with E-state index >= 15 is 0 Å². The van der Waals surface area contributed by atoms with E-state index < -0.39 is 0 Å². The molecular weight excluding hydrogens is 310 g/mol. The first-order valence-corrected chi connectivity index (χ1v) is 7.40. The Morgan fingerprint density at radius 3 is 2.88 bits per heavy atom. The quantitative estimate of drug-likeness (QED) is 0.792. The topological polar surface area (TPSA) is 78.6 Å². The van der Waals surface area contributed by atoms with Gasteiger partial charge in [0, 0.05) is 11.6 Å². The Kier molecular flexibility index (Phi) is 3.55. The van der Waals surface area contributed by atoms with E-state index in [0.29, 0.717) is 22.9 Å². The van der Waals surface area contributed by atoms with Gasteiger partial charge in [-0.25, -0.2) is 4.68 Å². The predicted octanol–water partition coefficient (Wildman–Crippen LogP) is 2.16. The van der Waals surface area contributed by atoms with Crippen LogP contribution in [-0.2, 0) is 6.61 Å². The fraction of sp³-hybridized carbons (Fsp3) is 0.176. The van der Waals surface area contributed by atoms with Crippen molar-refractivity contribution in [1.29, 1.82) is 0 Å². The highest BCUT2D eigenvalue weighted by atomic mass is 16.7. The number of nitrogens with zero attached hydrogens (tertiary/aromatic N) is 3. The Morgan fingerprint density at radius 1 is 1.17 bits per heavy atom. The van der Waals surface area contributed by atoms with Crippen molar-refractivity contribution in [3.05, 3.63) is 48.2 Å². The molecule has 1 aromatic heterocycles. The molecule has 0 spiro atoms. The molecule has 3 aromatic rings. The van der Waals surface area contributed by atoms with Crippen LogP contribution in [0.3, 0.4) is 0 Å². The lowest BCUT2D eigenvalue weighted by Gasteiger charge is -2.10. The van der Waals surface area contributed by atoms with Crippen LogP contribution in [0.2, 0.25) is 0 Å². The van der Waals surface area contributed by atoms with Gasteiger partial charge in [-0.2, -0.15) is 0 Å². The molecule has 0 atom stereocenters. The Bertz CT molecular complexity index is 891. The maximum absolute atomic E-state index is 9.63. The zero-order valence-electron chi connectivity index (χ0n) is 13.0. The van der Waals surface area contributed by atoms with E-state index in [1.165, 1.54) is 0 Å². The maximum atomic E-state index is 9.63. The minimum absolute atomic E-state index is 0.209. The second-order valence-electron chi connectivity index (χ2n) is 5.22. The van der Waals surface area contributed by atoms with E-state index in [9.17, 15) is 5.11 Å². The zero-order valence-corrected chi connectivity index (χ0v) is 13.0. The summed E-state index contributed by atoms with van der Waals surface area (Å²) in [5, 5.41) is 17.9. The summed E-state index contributed by atoms with van der Waals surface area (Å²) in [7, 11) is 1.61. The number of hydrogen-bond donors (Lipinski definition) is 1. The molecule has 4 rings (SSSR count). The minimum Gasteiger partial charge on any atom is -0.497 e. The van der Waals surface area contributed by atoms with Gasteiger partial charge in [-0.15, -0.1) is 5.10 Å². The van der Waals surface area contributed by atoms with Gasteiger partial charge in [-0.05, 0) is 24.3 Å². The lowest BCUT2D eigenvalue weighted by Crippen LogP contribution is -2.00. The fourth-order valence-corrected chi connectivity index (χ4v) is 2.68. The van der Waals surface area contributed by atoms with Crippen molar-refractivity contribution in [2.75, 3.05) is 13.9 Å². The van der Waals surface area contributed by atoms with Crippen molar-refractivity contribution in [2.24, 2.45) is 0 Å². The summed E-state index contributed by atoms with van der Waals surface area (Å²) in [6, 6.07) is 13.1. The van der Waals surface area contributed by atoms with Crippen LogP contribution in [0.1, 0.15) is 5.69 Å². The number of ether oxygens (including phenoxy) is 3. The van der Waals surface area contributed by atoms with Gasteiger partial charge in [0.05, 0.1) is 19.4 Å². The van der Waals surface area contributed by atoms with Crippen LogP contribution >= 0.6 is 0 Å². The Balaban J connectivity index is 1.86. The number of aromatic nitrogens is 3. The molecule has 0 fully saturated rings. The lowest BCUT2D eigenvalue weighted by atomic mass is 10.1. The largest absolute Gasteiger partial charge is 0.497 e. The van der Waals surface area contributed by atoms with Crippen LogP contribution in [0, 0.1) is 0 Å². The number of methoxy groups -OCH3 is 1. The molecule has 0 saturated carbocycles. The number of hydrogen-bond acceptors (Lipinski definition) is 6. The molecule has 2 heterocycles. The van der Waals surface area contributed by atoms with E-state index in [2.05, 4.69) is 10.3 Å². The Hall–Kier alpha value is -3.06. The first-order valence-electron chi connectivity index (χ1n) is 7.40. The van der Waals surface area contributed by atoms with Crippen LogP contribution in [0.4, 0.5) is 0 Å². The first kappa shape index (κ1) is 14.5. The predicted molar refractivity (Wildman–Crippen MR) is 85.4 cm³/mol. The van der Waals surface area contributed by atoms with Gasteiger partial charge in [0.25, 0.3) is 0 Å². The molecule has 0 amide bonds. The molecule has 122 valence electrons. The van der Waals surface area contributed by atoms with Crippen LogP contribution < -0.4 is 14.2 Å². The van der Waals surface area contributed by atoms with Crippen molar-refractivity contribution < 1.29 is 19.3 Å². The number of aliphatic hydroxyl groups excluding tert-OH is 1. The smallest absolute Gasteiger partial charge is 0.231 e. The molecule has 1 N–H and O–H groups in total. The summed E-state index contributed by atoms with van der Waals surface area (Å²) in [6.45, 7) is -0.00211. The minimum atomic E-state index is -0.211. The summed E-state index contributed by atoms with van der Waals surface area (Å²) in [5.74, 6) is 2.07. The van der Waals surface area contributed by atoms with Crippen molar-refractivity contribution in [3.8, 4) is 34.2 Å². The number of rotatable bonds is 4. The molecule has 1 aliphatic rings. The molecule has 24 heavy (non-hydrogen) atoms. The standard InChI is InChI=1S/C17H15N3O4/c1-22-13-4-2-3-11(7-13)17-14(9-21)18-19-20(17)12-5-6-15-16(8-12)24-10-23-15/h2-8,21H,9-10H2,1H3. The van der Waals surface area contributed by atoms with E-state index in [4.69, 9.17) is 14.2 Å². The average Bonchev–Trinajstić information content (AvgIpc) is 3.27. The first-order chi connectivity index (χ1) is 11.8. The maximum Gasteiger partial charge on any atom is 0.231 e. The van der Waals surface area contributed by atoms with E-state index in [1.807, 2.05) is 42.5 Å². The highest BCUT2D eigenvalue weighted by Gasteiger charge is 2.19. The summed E-state index contributed by atoms with van der Waals surface area (Å²) >= 11 is 0. The SMILES string of the molecule is COc1cccc(-c2c(CO)nnn2-c2ccc3c(c2)OCO3)c1. The molecular formula is C17H15N3O4. The van der Waals surface area contributed by atoms with Crippen molar-refractivity contribution in [1.82, 2.24) is 15.0 Å². The number of benzene rings is 2.